The smallest absolute Gasteiger partial charge is 0.223 e. The molecule has 2 aromatic carbocycles. The molecule has 0 aliphatic carbocycles. The van der Waals surface area contributed by atoms with Gasteiger partial charge in [0.2, 0.25) is 11.7 Å². The molecule has 0 radical (unpaired) electrons. The molecule has 2 heterocycles. The van der Waals surface area contributed by atoms with Gasteiger partial charge in [-0.3, -0.25) is 4.90 Å². The number of aromatic nitrogens is 4. The van der Waals surface area contributed by atoms with Gasteiger partial charge in [-0.2, -0.15) is 4.98 Å². The first-order valence-corrected chi connectivity index (χ1v) is 9.26. The molecule has 0 amide bonds. The van der Waals surface area contributed by atoms with Crippen LogP contribution in [0.5, 0.6) is 0 Å². The molecule has 6 nitrogen and oxygen atoms in total. The monoisotopic (exact) mass is 373 g/mol. The molecular weight excluding hydrogens is 350 g/mol. The highest BCUT2D eigenvalue weighted by Gasteiger charge is 2.07. The van der Waals surface area contributed by atoms with Crippen LogP contribution in [0.25, 0.3) is 22.5 Å². The standard InChI is InChI=1S/C22H23N5O/c1-15-12-23-21(24-15)14-27(3)13-17-4-6-18(7-5-17)19-8-10-20(11-9-19)22-25-16(2)28-26-22/h4-12H,13-14H2,1-3H3,(H,23,24). The van der Waals surface area contributed by atoms with Gasteiger partial charge in [0, 0.05) is 30.9 Å². The number of nitrogens with zero attached hydrogens (tertiary/aromatic N) is 4. The van der Waals surface area contributed by atoms with Crippen LogP contribution in [0.15, 0.2) is 59.3 Å². The minimum absolute atomic E-state index is 0.571. The highest BCUT2D eigenvalue weighted by Crippen LogP contribution is 2.24. The van der Waals surface area contributed by atoms with E-state index in [9.17, 15) is 0 Å². The van der Waals surface area contributed by atoms with Crippen molar-refractivity contribution >= 4 is 0 Å². The fourth-order valence-corrected chi connectivity index (χ4v) is 3.20. The first kappa shape index (κ1) is 18.1. The van der Waals surface area contributed by atoms with Gasteiger partial charge in [0.05, 0.1) is 6.54 Å². The predicted octanol–water partition coefficient (Wildman–Crippen LogP) is 4.38. The quantitative estimate of drug-likeness (QED) is 0.543. The summed E-state index contributed by atoms with van der Waals surface area (Å²) >= 11 is 0. The van der Waals surface area contributed by atoms with E-state index in [0.717, 1.165) is 35.7 Å². The number of rotatable bonds is 6. The minimum Gasteiger partial charge on any atom is -0.345 e. The predicted molar refractivity (Wildman–Crippen MR) is 108 cm³/mol. The molecule has 0 aliphatic rings. The van der Waals surface area contributed by atoms with Crippen molar-refractivity contribution in [2.24, 2.45) is 0 Å². The molecule has 28 heavy (non-hydrogen) atoms. The van der Waals surface area contributed by atoms with Crippen molar-refractivity contribution < 1.29 is 4.52 Å². The maximum Gasteiger partial charge on any atom is 0.223 e. The van der Waals surface area contributed by atoms with Crippen LogP contribution in [0.4, 0.5) is 0 Å². The van der Waals surface area contributed by atoms with E-state index >= 15 is 0 Å². The first-order chi connectivity index (χ1) is 13.6. The number of imidazole rings is 1. The SMILES string of the molecule is Cc1cnc(CN(C)Cc2ccc(-c3ccc(-c4noc(C)n4)cc3)cc2)[nH]1. The lowest BCUT2D eigenvalue weighted by atomic mass is 10.0. The Bertz CT molecular complexity index is 1050. The average molecular weight is 373 g/mol. The summed E-state index contributed by atoms with van der Waals surface area (Å²) in [4.78, 5) is 14.2. The number of hydrogen-bond donors (Lipinski definition) is 1. The first-order valence-electron chi connectivity index (χ1n) is 9.26. The highest BCUT2D eigenvalue weighted by molar-refractivity contribution is 5.67. The maximum atomic E-state index is 5.05. The largest absolute Gasteiger partial charge is 0.345 e. The van der Waals surface area contributed by atoms with E-state index in [1.54, 1.807) is 6.92 Å². The van der Waals surface area contributed by atoms with E-state index in [1.165, 1.54) is 11.1 Å². The highest BCUT2D eigenvalue weighted by atomic mass is 16.5. The molecule has 142 valence electrons. The maximum absolute atomic E-state index is 5.05. The zero-order chi connectivity index (χ0) is 19.5. The van der Waals surface area contributed by atoms with Gasteiger partial charge in [-0.25, -0.2) is 4.98 Å². The van der Waals surface area contributed by atoms with Crippen LogP contribution < -0.4 is 0 Å². The molecule has 0 spiro atoms. The molecule has 4 aromatic rings. The van der Waals surface area contributed by atoms with E-state index in [-0.39, 0.29) is 0 Å². The molecule has 1 N–H and O–H groups in total. The summed E-state index contributed by atoms with van der Waals surface area (Å²) in [5.41, 5.74) is 5.66. The molecule has 0 atom stereocenters. The molecule has 4 rings (SSSR count). The Kier molecular flexibility index (Phi) is 5.04. The molecule has 0 unspecified atom stereocenters. The summed E-state index contributed by atoms with van der Waals surface area (Å²) in [5, 5.41) is 3.96. The van der Waals surface area contributed by atoms with Crippen LogP contribution in [0, 0.1) is 13.8 Å². The summed E-state index contributed by atoms with van der Waals surface area (Å²) < 4.78 is 5.05. The van der Waals surface area contributed by atoms with Gasteiger partial charge >= 0.3 is 0 Å². The van der Waals surface area contributed by atoms with Crippen LogP contribution in [0.1, 0.15) is 23.0 Å². The van der Waals surface area contributed by atoms with Crippen molar-refractivity contribution in [1.29, 1.82) is 0 Å². The lowest BCUT2D eigenvalue weighted by molar-refractivity contribution is 0.311. The summed E-state index contributed by atoms with van der Waals surface area (Å²) in [7, 11) is 2.10. The topological polar surface area (TPSA) is 70.8 Å². The third kappa shape index (κ3) is 4.18. The van der Waals surface area contributed by atoms with Crippen molar-refractivity contribution in [3.63, 3.8) is 0 Å². The fraction of sp³-hybridized carbons (Fsp3) is 0.227. The molecule has 0 fully saturated rings. The van der Waals surface area contributed by atoms with Crippen LogP contribution >= 0.6 is 0 Å². The van der Waals surface area contributed by atoms with Gasteiger partial charge in [-0.15, -0.1) is 0 Å². The van der Waals surface area contributed by atoms with E-state index in [4.69, 9.17) is 4.52 Å². The Labute approximate surface area is 164 Å². The average Bonchev–Trinajstić information content (AvgIpc) is 3.30. The van der Waals surface area contributed by atoms with E-state index in [0.29, 0.717) is 11.7 Å². The number of H-pyrrole nitrogens is 1. The Morgan fingerprint density at radius 2 is 1.54 bits per heavy atom. The zero-order valence-corrected chi connectivity index (χ0v) is 16.3. The van der Waals surface area contributed by atoms with Gasteiger partial charge in [0.1, 0.15) is 5.82 Å². The Hall–Kier alpha value is -3.25. The molecule has 0 saturated carbocycles. The Morgan fingerprint density at radius 3 is 2.11 bits per heavy atom. The Morgan fingerprint density at radius 1 is 0.893 bits per heavy atom. The number of aromatic amines is 1. The number of nitrogens with one attached hydrogen (secondary N) is 1. The van der Waals surface area contributed by atoms with Crippen LogP contribution in [-0.4, -0.2) is 32.1 Å². The van der Waals surface area contributed by atoms with Crippen LogP contribution in [-0.2, 0) is 13.1 Å². The zero-order valence-electron chi connectivity index (χ0n) is 16.3. The van der Waals surface area contributed by atoms with Gasteiger partial charge in [0.25, 0.3) is 0 Å². The third-order valence-electron chi connectivity index (χ3n) is 4.59. The van der Waals surface area contributed by atoms with Gasteiger partial charge < -0.3 is 9.51 Å². The van der Waals surface area contributed by atoms with Crippen LogP contribution in [0.2, 0.25) is 0 Å². The second-order valence-electron chi connectivity index (χ2n) is 7.10. The van der Waals surface area contributed by atoms with E-state index in [1.807, 2.05) is 25.3 Å². The van der Waals surface area contributed by atoms with Crippen molar-refractivity contribution in [2.75, 3.05) is 7.05 Å². The summed E-state index contributed by atoms with van der Waals surface area (Å²) in [5.74, 6) is 2.18. The molecule has 6 heteroatoms. The molecular formula is C22H23N5O. The molecule has 0 aliphatic heterocycles. The second-order valence-corrected chi connectivity index (χ2v) is 7.10. The lowest BCUT2D eigenvalue weighted by Gasteiger charge is -2.15. The lowest BCUT2D eigenvalue weighted by Crippen LogP contribution is -2.18. The summed E-state index contributed by atoms with van der Waals surface area (Å²) in [6.45, 7) is 5.48. The number of hydrogen-bond acceptors (Lipinski definition) is 5. The number of benzene rings is 2. The third-order valence-corrected chi connectivity index (χ3v) is 4.59. The van der Waals surface area contributed by atoms with E-state index < -0.39 is 0 Å². The van der Waals surface area contributed by atoms with Gasteiger partial charge in [-0.1, -0.05) is 53.7 Å². The van der Waals surface area contributed by atoms with Crippen molar-refractivity contribution in [3.8, 4) is 22.5 Å². The van der Waals surface area contributed by atoms with Crippen molar-refractivity contribution in [3.05, 3.63) is 77.7 Å². The van der Waals surface area contributed by atoms with Crippen molar-refractivity contribution in [2.45, 2.75) is 26.9 Å². The summed E-state index contributed by atoms with van der Waals surface area (Å²) in [6.07, 6.45) is 1.86. The Balaban J connectivity index is 1.41. The van der Waals surface area contributed by atoms with Crippen LogP contribution in [0.3, 0.4) is 0 Å². The fourth-order valence-electron chi connectivity index (χ4n) is 3.20. The normalized spacial score (nSPS) is 11.3. The minimum atomic E-state index is 0.571. The summed E-state index contributed by atoms with van der Waals surface area (Å²) in [6, 6.07) is 16.9. The van der Waals surface area contributed by atoms with Gasteiger partial charge in [0.15, 0.2) is 0 Å². The van der Waals surface area contributed by atoms with Crippen molar-refractivity contribution in [1.82, 2.24) is 25.0 Å². The van der Waals surface area contributed by atoms with E-state index in [2.05, 4.69) is 68.5 Å². The number of aryl methyl sites for hydroxylation is 2. The van der Waals surface area contributed by atoms with Gasteiger partial charge in [-0.05, 0) is 30.7 Å². The molecule has 0 bridgehead atoms. The molecule has 0 saturated heterocycles. The second kappa shape index (κ2) is 7.78. The molecule has 2 aromatic heterocycles.